The molecule has 0 amide bonds. The highest BCUT2D eigenvalue weighted by atomic mass is 79.9. The van der Waals surface area contributed by atoms with Crippen molar-refractivity contribution >= 4 is 27.5 Å². The van der Waals surface area contributed by atoms with Gasteiger partial charge >= 0.3 is 0 Å². The second kappa shape index (κ2) is 5.42. The highest BCUT2D eigenvalue weighted by molar-refractivity contribution is 9.09. The first-order valence-corrected chi connectivity index (χ1v) is 8.00. The third kappa shape index (κ3) is 2.36. The summed E-state index contributed by atoms with van der Waals surface area (Å²) in [6, 6.07) is 16.5. The first-order chi connectivity index (χ1) is 9.67. The highest BCUT2D eigenvalue weighted by Crippen LogP contribution is 2.61. The fourth-order valence-electron chi connectivity index (χ4n) is 2.79. The number of methoxy groups -OCH3 is 1. The van der Waals surface area contributed by atoms with Gasteiger partial charge in [-0.2, -0.15) is 0 Å². The lowest BCUT2D eigenvalue weighted by atomic mass is 9.88. The summed E-state index contributed by atoms with van der Waals surface area (Å²) in [6.07, 6.45) is 2.37. The zero-order valence-electron chi connectivity index (χ0n) is 11.3. The summed E-state index contributed by atoms with van der Waals surface area (Å²) in [6.45, 7) is 0. The summed E-state index contributed by atoms with van der Waals surface area (Å²) < 4.78 is 5.49. The molecule has 1 atom stereocenters. The average Bonchev–Trinajstić information content (AvgIpc) is 3.29. The lowest BCUT2D eigenvalue weighted by Crippen LogP contribution is -2.14. The molecule has 3 rings (SSSR count). The van der Waals surface area contributed by atoms with E-state index in [9.17, 15) is 0 Å². The molecule has 20 heavy (non-hydrogen) atoms. The van der Waals surface area contributed by atoms with Gasteiger partial charge in [-0.3, -0.25) is 0 Å². The van der Waals surface area contributed by atoms with Crippen LogP contribution in [0.3, 0.4) is 0 Å². The number of alkyl halides is 1. The topological polar surface area (TPSA) is 9.23 Å². The monoisotopic (exact) mass is 350 g/mol. The van der Waals surface area contributed by atoms with Crippen LogP contribution in [0.5, 0.6) is 5.75 Å². The molecule has 2 aromatic carbocycles. The normalized spacial score (nSPS) is 17.6. The smallest absolute Gasteiger partial charge is 0.123 e. The molecule has 2 aromatic rings. The van der Waals surface area contributed by atoms with Crippen molar-refractivity contribution in [2.45, 2.75) is 23.1 Å². The maximum absolute atomic E-state index is 6.16. The van der Waals surface area contributed by atoms with E-state index in [1.807, 2.05) is 18.2 Å². The highest BCUT2D eigenvalue weighted by Gasteiger charge is 2.50. The van der Waals surface area contributed by atoms with Gasteiger partial charge in [0.25, 0.3) is 0 Å². The van der Waals surface area contributed by atoms with Crippen molar-refractivity contribution in [3.63, 3.8) is 0 Å². The van der Waals surface area contributed by atoms with Crippen LogP contribution >= 0.6 is 27.5 Å². The van der Waals surface area contributed by atoms with Gasteiger partial charge in [0, 0.05) is 16.0 Å². The molecule has 104 valence electrons. The van der Waals surface area contributed by atoms with Crippen molar-refractivity contribution in [3.8, 4) is 5.75 Å². The maximum Gasteiger partial charge on any atom is 0.123 e. The van der Waals surface area contributed by atoms with Gasteiger partial charge in [0.1, 0.15) is 5.75 Å². The summed E-state index contributed by atoms with van der Waals surface area (Å²) in [5.74, 6) is 0.887. The molecule has 1 fully saturated rings. The van der Waals surface area contributed by atoms with Crippen molar-refractivity contribution in [2.24, 2.45) is 0 Å². The third-order valence-electron chi connectivity index (χ3n) is 4.09. The van der Waals surface area contributed by atoms with Gasteiger partial charge in [0.2, 0.25) is 0 Å². The van der Waals surface area contributed by atoms with Crippen molar-refractivity contribution in [2.75, 3.05) is 7.11 Å². The number of benzene rings is 2. The molecule has 0 bridgehead atoms. The second-order valence-electron chi connectivity index (χ2n) is 5.27. The van der Waals surface area contributed by atoms with Crippen molar-refractivity contribution in [1.29, 1.82) is 0 Å². The Kier molecular flexibility index (Phi) is 3.78. The molecule has 0 heterocycles. The van der Waals surface area contributed by atoms with Gasteiger partial charge in [-0.1, -0.05) is 57.9 Å². The van der Waals surface area contributed by atoms with Crippen LogP contribution < -0.4 is 4.74 Å². The van der Waals surface area contributed by atoms with Gasteiger partial charge in [0.05, 0.1) is 11.9 Å². The van der Waals surface area contributed by atoms with E-state index in [-0.39, 0.29) is 10.2 Å². The Hall–Kier alpha value is -0.990. The Morgan fingerprint density at radius 3 is 2.45 bits per heavy atom. The summed E-state index contributed by atoms with van der Waals surface area (Å²) >= 11 is 10.1. The molecule has 0 N–H and O–H groups in total. The number of hydrogen-bond acceptors (Lipinski definition) is 1. The Balaban J connectivity index is 2.01. The Labute approximate surface area is 133 Å². The second-order valence-corrected chi connectivity index (χ2v) is 6.62. The van der Waals surface area contributed by atoms with Crippen LogP contribution in [-0.2, 0) is 5.41 Å². The maximum atomic E-state index is 6.16. The zero-order valence-corrected chi connectivity index (χ0v) is 13.6. The van der Waals surface area contributed by atoms with E-state index in [4.69, 9.17) is 16.3 Å². The quantitative estimate of drug-likeness (QED) is 0.659. The largest absolute Gasteiger partial charge is 0.496 e. The molecule has 1 aliphatic rings. The van der Waals surface area contributed by atoms with Gasteiger partial charge in [-0.15, -0.1) is 0 Å². The summed E-state index contributed by atoms with van der Waals surface area (Å²) in [5.41, 5.74) is 2.67. The molecular weight excluding hydrogens is 336 g/mol. The molecule has 0 saturated heterocycles. The van der Waals surface area contributed by atoms with Crippen LogP contribution in [0.4, 0.5) is 0 Å². The van der Waals surface area contributed by atoms with Crippen LogP contribution in [0, 0.1) is 0 Å². The molecule has 0 aromatic heterocycles. The fourth-order valence-corrected chi connectivity index (χ4v) is 4.05. The van der Waals surface area contributed by atoms with Crippen LogP contribution in [-0.4, -0.2) is 7.11 Å². The van der Waals surface area contributed by atoms with Crippen molar-refractivity contribution in [1.82, 2.24) is 0 Å². The van der Waals surface area contributed by atoms with Crippen LogP contribution in [0.2, 0.25) is 5.02 Å². The minimum atomic E-state index is 0.166. The number of rotatable bonds is 4. The summed E-state index contributed by atoms with van der Waals surface area (Å²) in [5, 5.41) is 0.745. The van der Waals surface area contributed by atoms with Gasteiger partial charge in [-0.25, -0.2) is 0 Å². The molecule has 1 aliphatic carbocycles. The molecule has 1 saturated carbocycles. The lowest BCUT2D eigenvalue weighted by Gasteiger charge is -2.24. The molecule has 3 heteroatoms. The Bertz CT molecular complexity index is 608. The van der Waals surface area contributed by atoms with Crippen molar-refractivity contribution in [3.05, 3.63) is 64.7 Å². The van der Waals surface area contributed by atoms with Crippen molar-refractivity contribution < 1.29 is 4.74 Å². The van der Waals surface area contributed by atoms with Crippen LogP contribution in [0.15, 0.2) is 48.5 Å². The van der Waals surface area contributed by atoms with E-state index in [2.05, 4.69) is 46.3 Å². The Morgan fingerprint density at radius 2 is 1.85 bits per heavy atom. The van der Waals surface area contributed by atoms with Crippen LogP contribution in [0.1, 0.15) is 28.8 Å². The molecule has 0 aliphatic heterocycles. The predicted octanol–water partition coefficient (Wildman–Crippen LogP) is 5.52. The van der Waals surface area contributed by atoms with E-state index in [1.165, 1.54) is 18.4 Å². The standard InChI is InChI=1S/C17H16BrClO/c1-20-15-8-7-13(19)11-14(15)16(18)17(9-10-17)12-5-3-2-4-6-12/h2-8,11,16H,9-10H2,1H3. The third-order valence-corrected chi connectivity index (χ3v) is 5.69. The predicted molar refractivity (Wildman–Crippen MR) is 87.0 cm³/mol. The number of hydrogen-bond donors (Lipinski definition) is 0. The van der Waals surface area contributed by atoms with E-state index in [1.54, 1.807) is 7.11 Å². The number of ether oxygens (including phenoxy) is 1. The molecule has 1 unspecified atom stereocenters. The minimum absolute atomic E-state index is 0.166. The molecule has 1 nitrogen and oxygen atoms in total. The molecule has 0 radical (unpaired) electrons. The van der Waals surface area contributed by atoms with Crippen LogP contribution in [0.25, 0.3) is 0 Å². The molecule has 0 spiro atoms. The lowest BCUT2D eigenvalue weighted by molar-refractivity contribution is 0.407. The Morgan fingerprint density at radius 1 is 1.15 bits per heavy atom. The zero-order chi connectivity index (χ0) is 14.2. The first kappa shape index (κ1) is 14.0. The summed E-state index contributed by atoms with van der Waals surface area (Å²) in [7, 11) is 1.70. The van der Waals surface area contributed by atoms with E-state index in [0.29, 0.717) is 0 Å². The molecular formula is C17H16BrClO. The minimum Gasteiger partial charge on any atom is -0.496 e. The summed E-state index contributed by atoms with van der Waals surface area (Å²) in [4.78, 5) is 0.214. The first-order valence-electron chi connectivity index (χ1n) is 6.70. The fraction of sp³-hybridized carbons (Fsp3) is 0.294. The number of halogens is 2. The van der Waals surface area contributed by atoms with Gasteiger partial charge in [0.15, 0.2) is 0 Å². The average molecular weight is 352 g/mol. The van der Waals surface area contributed by atoms with E-state index >= 15 is 0 Å². The van der Waals surface area contributed by atoms with E-state index in [0.717, 1.165) is 16.3 Å². The van der Waals surface area contributed by atoms with Gasteiger partial charge < -0.3 is 4.74 Å². The van der Waals surface area contributed by atoms with Gasteiger partial charge in [-0.05, 0) is 36.6 Å². The van der Waals surface area contributed by atoms with E-state index < -0.39 is 0 Å². The SMILES string of the molecule is COc1ccc(Cl)cc1C(Br)C1(c2ccccc2)CC1.